The van der Waals surface area contributed by atoms with E-state index in [-0.39, 0.29) is 5.41 Å². The molecule has 0 atom stereocenters. The van der Waals surface area contributed by atoms with Gasteiger partial charge in [0, 0.05) is 39.5 Å². The molecule has 0 spiro atoms. The Balaban J connectivity index is 1.24. The molecule has 0 radical (unpaired) electrons. The minimum absolute atomic E-state index is 0.0203. The summed E-state index contributed by atoms with van der Waals surface area (Å²) in [5.74, 6) is 0. The average molecular weight is 629 g/mol. The first-order valence-corrected chi connectivity index (χ1v) is 17.8. The van der Waals surface area contributed by atoms with Crippen molar-refractivity contribution in [2.24, 2.45) is 0 Å². The first kappa shape index (κ1) is 31.8. The van der Waals surface area contributed by atoms with E-state index in [1.165, 1.54) is 99.6 Å². The summed E-state index contributed by atoms with van der Waals surface area (Å²) in [6, 6.07) is 45.8. The highest BCUT2D eigenvalue weighted by Crippen LogP contribution is 2.47. The molecule has 242 valence electrons. The Morgan fingerprint density at radius 1 is 0.396 bits per heavy atom. The summed E-state index contributed by atoms with van der Waals surface area (Å²) in [5, 5.41) is 0. The van der Waals surface area contributed by atoms with Crippen molar-refractivity contribution in [2.75, 3.05) is 9.80 Å². The quantitative estimate of drug-likeness (QED) is 0.169. The van der Waals surface area contributed by atoms with Gasteiger partial charge in [-0.25, -0.2) is 0 Å². The van der Waals surface area contributed by atoms with Crippen LogP contribution in [0.5, 0.6) is 0 Å². The Morgan fingerprint density at radius 2 is 0.771 bits per heavy atom. The molecule has 0 heterocycles. The molecule has 0 saturated heterocycles. The molecule has 5 aromatic rings. The van der Waals surface area contributed by atoms with E-state index in [0.29, 0.717) is 0 Å². The van der Waals surface area contributed by atoms with Crippen LogP contribution in [0.2, 0.25) is 0 Å². The molecule has 0 aromatic heterocycles. The van der Waals surface area contributed by atoms with Crippen LogP contribution in [0, 0.1) is 20.8 Å². The van der Waals surface area contributed by atoms with Gasteiger partial charge in [-0.05, 0) is 131 Å². The largest absolute Gasteiger partial charge is 0.314 e. The topological polar surface area (TPSA) is 6.48 Å². The van der Waals surface area contributed by atoms with Gasteiger partial charge < -0.3 is 9.80 Å². The number of rotatable bonds is 8. The zero-order valence-corrected chi connectivity index (χ0v) is 29.0. The summed E-state index contributed by atoms with van der Waals surface area (Å²) in [4.78, 5) is 4.83. The van der Waals surface area contributed by atoms with Crippen LogP contribution in [0.1, 0.15) is 79.7 Å². The maximum Gasteiger partial charge on any atom is 0.0461 e. The fourth-order valence-corrected chi connectivity index (χ4v) is 7.68. The third kappa shape index (κ3) is 6.49. The fourth-order valence-electron chi connectivity index (χ4n) is 7.68. The average Bonchev–Trinajstić information content (AvgIpc) is 3.13. The van der Waals surface area contributed by atoms with Gasteiger partial charge in [0.15, 0.2) is 0 Å². The van der Waals surface area contributed by atoms with Gasteiger partial charge in [-0.1, -0.05) is 108 Å². The molecule has 0 amide bonds. The third-order valence-corrected chi connectivity index (χ3v) is 10.6. The van der Waals surface area contributed by atoms with Crippen molar-refractivity contribution in [1.29, 1.82) is 0 Å². The molecular formula is C46H48N2. The minimum atomic E-state index is 0.0203. The van der Waals surface area contributed by atoms with Gasteiger partial charge in [0.25, 0.3) is 0 Å². The van der Waals surface area contributed by atoms with Crippen molar-refractivity contribution < 1.29 is 0 Å². The number of aryl methyl sites for hydroxylation is 3. The van der Waals surface area contributed by atoms with Crippen LogP contribution in [0.15, 0.2) is 145 Å². The molecule has 0 N–H and O–H groups in total. The van der Waals surface area contributed by atoms with E-state index in [0.717, 1.165) is 12.8 Å². The standard InChI is InChI=1S/C46H48N2/c1-34-8-20-40(21-9-34)47(41-22-10-35(2)11-23-41)44-28-16-38(17-29-44)46(32-6-5-7-33-46)39-18-30-45(31-19-39)48(42-24-12-36(3)13-25-42)43-26-14-37(4)15-27-43/h8-14,16-26,28-31H,5-7,15,27,32-33H2,1-4H3. The van der Waals surface area contributed by atoms with Crippen molar-refractivity contribution in [3.63, 3.8) is 0 Å². The molecule has 0 bridgehead atoms. The Bertz CT molecular complexity index is 1840. The van der Waals surface area contributed by atoms with Crippen LogP contribution in [0.4, 0.5) is 28.4 Å². The molecule has 1 fully saturated rings. The molecule has 2 nitrogen and oxygen atoms in total. The second-order valence-corrected chi connectivity index (χ2v) is 14.1. The van der Waals surface area contributed by atoms with Gasteiger partial charge in [-0.2, -0.15) is 0 Å². The number of hydrogen-bond acceptors (Lipinski definition) is 2. The molecular weight excluding hydrogens is 581 g/mol. The highest BCUT2D eigenvalue weighted by Gasteiger charge is 2.36. The number of benzene rings is 5. The zero-order chi connectivity index (χ0) is 33.1. The molecule has 5 aromatic carbocycles. The van der Waals surface area contributed by atoms with Crippen LogP contribution in [0.25, 0.3) is 0 Å². The van der Waals surface area contributed by atoms with Crippen molar-refractivity contribution >= 4 is 28.4 Å². The van der Waals surface area contributed by atoms with E-state index in [9.17, 15) is 0 Å². The SMILES string of the molecule is CC1=CC=C(N(c2ccc(C)cc2)c2ccc(C3(c4ccc(N(c5ccc(C)cc5)c5ccc(C)cc5)cc4)CCCCC3)cc2)CC1. The molecule has 7 rings (SSSR count). The summed E-state index contributed by atoms with van der Waals surface area (Å²) in [6.45, 7) is 8.69. The predicted molar refractivity (Wildman–Crippen MR) is 205 cm³/mol. The van der Waals surface area contributed by atoms with Gasteiger partial charge in [0.2, 0.25) is 0 Å². The maximum absolute atomic E-state index is 2.46. The van der Waals surface area contributed by atoms with Gasteiger partial charge in [-0.3, -0.25) is 0 Å². The van der Waals surface area contributed by atoms with E-state index in [1.807, 2.05) is 0 Å². The number of anilines is 5. The van der Waals surface area contributed by atoms with Crippen molar-refractivity contribution in [1.82, 2.24) is 0 Å². The van der Waals surface area contributed by atoms with Crippen molar-refractivity contribution in [3.05, 3.63) is 173 Å². The van der Waals surface area contributed by atoms with Crippen LogP contribution in [-0.4, -0.2) is 0 Å². The number of hydrogen-bond donors (Lipinski definition) is 0. The lowest BCUT2D eigenvalue weighted by atomic mass is 9.65. The highest BCUT2D eigenvalue weighted by atomic mass is 15.2. The monoisotopic (exact) mass is 628 g/mol. The first-order valence-electron chi connectivity index (χ1n) is 17.8. The second-order valence-electron chi connectivity index (χ2n) is 14.1. The van der Waals surface area contributed by atoms with Gasteiger partial charge in [-0.15, -0.1) is 0 Å². The maximum atomic E-state index is 2.46. The molecule has 2 aliphatic rings. The number of nitrogens with zero attached hydrogens (tertiary/aromatic N) is 2. The van der Waals surface area contributed by atoms with Crippen LogP contribution in [-0.2, 0) is 5.41 Å². The predicted octanol–water partition coefficient (Wildman–Crippen LogP) is 13.1. The lowest BCUT2D eigenvalue weighted by molar-refractivity contribution is 0.346. The van der Waals surface area contributed by atoms with Gasteiger partial charge in [0.05, 0.1) is 0 Å². The highest BCUT2D eigenvalue weighted by molar-refractivity contribution is 5.77. The van der Waals surface area contributed by atoms with Crippen molar-refractivity contribution in [2.45, 2.75) is 78.1 Å². The second kappa shape index (κ2) is 13.7. The summed E-state index contributed by atoms with van der Waals surface area (Å²) in [6.07, 6.45) is 13.0. The van der Waals surface area contributed by atoms with Crippen LogP contribution < -0.4 is 9.80 Å². The molecule has 0 unspecified atom stereocenters. The molecule has 0 aliphatic heterocycles. The van der Waals surface area contributed by atoms with E-state index in [2.05, 4.69) is 171 Å². The molecule has 2 heteroatoms. The lowest BCUT2D eigenvalue weighted by Gasteiger charge is -2.39. The van der Waals surface area contributed by atoms with Crippen molar-refractivity contribution in [3.8, 4) is 0 Å². The summed E-state index contributed by atoms with van der Waals surface area (Å²) < 4.78 is 0. The normalized spacial score (nSPS) is 15.8. The van der Waals surface area contributed by atoms with E-state index < -0.39 is 0 Å². The smallest absolute Gasteiger partial charge is 0.0461 e. The minimum Gasteiger partial charge on any atom is -0.314 e. The Labute approximate surface area is 288 Å². The molecule has 1 saturated carbocycles. The zero-order valence-electron chi connectivity index (χ0n) is 29.0. The van der Waals surface area contributed by atoms with Gasteiger partial charge in [0.1, 0.15) is 0 Å². The first-order chi connectivity index (χ1) is 23.4. The summed E-state index contributed by atoms with van der Waals surface area (Å²) >= 11 is 0. The fraction of sp³-hybridized carbons (Fsp3) is 0.261. The molecule has 2 aliphatic carbocycles. The summed E-state index contributed by atoms with van der Waals surface area (Å²) in [7, 11) is 0. The van der Waals surface area contributed by atoms with E-state index in [1.54, 1.807) is 0 Å². The lowest BCUT2D eigenvalue weighted by Crippen LogP contribution is -2.30. The number of allylic oxidation sites excluding steroid dienone is 4. The Kier molecular flexibility index (Phi) is 9.08. The molecule has 48 heavy (non-hydrogen) atoms. The van der Waals surface area contributed by atoms with Crippen LogP contribution in [0.3, 0.4) is 0 Å². The van der Waals surface area contributed by atoms with E-state index in [4.69, 9.17) is 0 Å². The Hall–Kier alpha value is -4.82. The third-order valence-electron chi connectivity index (χ3n) is 10.6. The Morgan fingerprint density at radius 3 is 1.15 bits per heavy atom. The van der Waals surface area contributed by atoms with Crippen LogP contribution >= 0.6 is 0 Å². The summed E-state index contributed by atoms with van der Waals surface area (Å²) in [5.41, 5.74) is 15.5. The van der Waals surface area contributed by atoms with E-state index >= 15 is 0 Å². The van der Waals surface area contributed by atoms with Gasteiger partial charge >= 0.3 is 0 Å².